The minimum Gasteiger partial charge on any atom is -0.473 e. The van der Waals surface area contributed by atoms with Crippen molar-refractivity contribution < 1.29 is 9.15 Å². The van der Waals surface area contributed by atoms with Crippen LogP contribution in [0, 0.1) is 0 Å². The second-order valence-corrected chi connectivity index (χ2v) is 1.37. The summed E-state index contributed by atoms with van der Waals surface area (Å²) in [5.41, 5.74) is 0. The largest absolute Gasteiger partial charge is 0.473 e. The van der Waals surface area contributed by atoms with E-state index in [0.29, 0.717) is 0 Å². The molecule has 0 amide bonds. The highest BCUT2D eigenvalue weighted by Gasteiger charge is 1.58. The Bertz CT molecular complexity index is 82.4. The van der Waals surface area contributed by atoms with E-state index in [2.05, 4.69) is 9.15 Å². The lowest BCUT2D eigenvalue weighted by Gasteiger charge is -1.76. The molecule has 0 aliphatic rings. The van der Waals surface area contributed by atoms with Crippen LogP contribution in [0.4, 0.5) is 0 Å². The smallest absolute Gasteiger partial charge is 0.0902 e. The van der Waals surface area contributed by atoms with Gasteiger partial charge in [-0.3, -0.25) is 0 Å². The third-order valence-corrected chi connectivity index (χ3v) is 0.714. The summed E-state index contributed by atoms with van der Waals surface area (Å²) in [6, 6.07) is 3.67. The Hall–Kier alpha value is -0.760. The van der Waals surface area contributed by atoms with Crippen LogP contribution in [0.15, 0.2) is 29.1 Å². The molecule has 0 aliphatic carbocycles. The minimum atomic E-state index is 0.819. The molecule has 0 spiro atoms. The first kappa shape index (κ1) is 8.24. The van der Waals surface area contributed by atoms with Gasteiger partial charge in [-0.1, -0.05) is 0 Å². The molecule has 2 heteroatoms. The first-order chi connectivity index (χ1) is 4.41. The molecule has 0 bridgehead atoms. The summed E-state index contributed by atoms with van der Waals surface area (Å²) in [6.45, 7) is 2.78. The highest BCUT2D eigenvalue weighted by Crippen LogP contribution is 1.79. The quantitative estimate of drug-likeness (QED) is 0.576. The van der Waals surface area contributed by atoms with E-state index in [1.165, 1.54) is 0 Å². The van der Waals surface area contributed by atoms with Gasteiger partial charge in [-0.25, -0.2) is 0 Å². The van der Waals surface area contributed by atoms with Crippen molar-refractivity contribution in [3.8, 4) is 0 Å². The van der Waals surface area contributed by atoms with E-state index in [4.69, 9.17) is 0 Å². The van der Waals surface area contributed by atoms with Crippen molar-refractivity contribution in [2.45, 2.75) is 6.92 Å². The summed E-state index contributed by atoms with van der Waals surface area (Å²) in [5.74, 6) is 0. The van der Waals surface area contributed by atoms with Crippen molar-refractivity contribution in [1.29, 1.82) is 0 Å². The molecular weight excluding hydrogens is 116 g/mol. The lowest BCUT2D eigenvalue weighted by molar-refractivity contribution is 0.215. The van der Waals surface area contributed by atoms with Crippen molar-refractivity contribution in [2.75, 3.05) is 13.7 Å². The van der Waals surface area contributed by atoms with Gasteiger partial charge >= 0.3 is 0 Å². The maximum absolute atomic E-state index is 4.58. The third kappa shape index (κ3) is 7.24. The number of methoxy groups -OCH3 is 1. The lowest BCUT2D eigenvalue weighted by atomic mass is 10.7. The molecule has 0 saturated carbocycles. The predicted octanol–water partition coefficient (Wildman–Crippen LogP) is 1.93. The first-order valence-electron chi connectivity index (χ1n) is 2.88. The molecule has 0 fully saturated rings. The van der Waals surface area contributed by atoms with Gasteiger partial charge in [-0.15, -0.1) is 0 Å². The van der Waals surface area contributed by atoms with E-state index in [0.717, 1.165) is 6.61 Å². The van der Waals surface area contributed by atoms with Crippen LogP contribution in [0.5, 0.6) is 0 Å². The Kier molecular flexibility index (Phi) is 6.63. The molecule has 2 nitrogen and oxygen atoms in total. The fourth-order valence-electron chi connectivity index (χ4n) is 0.227. The van der Waals surface area contributed by atoms with E-state index in [9.17, 15) is 0 Å². The van der Waals surface area contributed by atoms with Crippen LogP contribution in [0.1, 0.15) is 6.92 Å². The standard InChI is InChI=1S/C4H4O.C3H8O/c1-2-4-5-3-1;1-3-4-2/h1-4H;3H2,1-2H3. The molecule has 0 radical (unpaired) electrons. The zero-order valence-corrected chi connectivity index (χ0v) is 5.83. The zero-order valence-electron chi connectivity index (χ0n) is 5.83. The fraction of sp³-hybridized carbons (Fsp3) is 0.429. The number of hydrogen-bond acceptors (Lipinski definition) is 2. The van der Waals surface area contributed by atoms with Crippen LogP contribution < -0.4 is 0 Å². The molecule has 0 saturated heterocycles. The van der Waals surface area contributed by atoms with Crippen molar-refractivity contribution >= 4 is 0 Å². The fourth-order valence-corrected chi connectivity index (χ4v) is 0.227. The number of hydrogen-bond donors (Lipinski definition) is 0. The molecule has 0 aliphatic heterocycles. The van der Waals surface area contributed by atoms with Gasteiger partial charge in [0, 0.05) is 13.7 Å². The van der Waals surface area contributed by atoms with Gasteiger partial charge in [0.25, 0.3) is 0 Å². The lowest BCUT2D eigenvalue weighted by Crippen LogP contribution is -1.73. The maximum Gasteiger partial charge on any atom is 0.0902 e. The Labute approximate surface area is 55.4 Å². The van der Waals surface area contributed by atoms with Crippen LogP contribution in [0.25, 0.3) is 0 Å². The van der Waals surface area contributed by atoms with Crippen molar-refractivity contribution in [2.24, 2.45) is 0 Å². The van der Waals surface area contributed by atoms with Crippen molar-refractivity contribution in [3.63, 3.8) is 0 Å². The summed E-state index contributed by atoms with van der Waals surface area (Å²) >= 11 is 0. The highest BCUT2D eigenvalue weighted by molar-refractivity contribution is 4.79. The van der Waals surface area contributed by atoms with E-state index in [1.807, 2.05) is 19.1 Å². The van der Waals surface area contributed by atoms with Gasteiger partial charge in [-0.2, -0.15) is 0 Å². The van der Waals surface area contributed by atoms with E-state index in [-0.39, 0.29) is 0 Å². The molecule has 0 aromatic carbocycles. The SMILES string of the molecule is CCOC.c1ccoc1. The maximum atomic E-state index is 4.58. The van der Waals surface area contributed by atoms with Crippen LogP contribution in [0.3, 0.4) is 0 Å². The van der Waals surface area contributed by atoms with Gasteiger partial charge in [0.15, 0.2) is 0 Å². The first-order valence-corrected chi connectivity index (χ1v) is 2.88. The second-order valence-electron chi connectivity index (χ2n) is 1.37. The summed E-state index contributed by atoms with van der Waals surface area (Å²) in [6.07, 6.45) is 3.25. The summed E-state index contributed by atoms with van der Waals surface area (Å²) in [4.78, 5) is 0. The summed E-state index contributed by atoms with van der Waals surface area (Å²) < 4.78 is 9.12. The van der Waals surface area contributed by atoms with Crippen LogP contribution in [-0.4, -0.2) is 13.7 Å². The topological polar surface area (TPSA) is 22.4 Å². The molecule has 0 atom stereocenters. The predicted molar refractivity (Wildman–Crippen MR) is 36.3 cm³/mol. The van der Waals surface area contributed by atoms with E-state index >= 15 is 0 Å². The summed E-state index contributed by atoms with van der Waals surface area (Å²) in [7, 11) is 1.68. The molecule has 1 aromatic rings. The van der Waals surface area contributed by atoms with Gasteiger partial charge in [-0.05, 0) is 19.1 Å². The van der Waals surface area contributed by atoms with Crippen LogP contribution in [0.2, 0.25) is 0 Å². The van der Waals surface area contributed by atoms with Gasteiger partial charge in [0.1, 0.15) is 0 Å². The summed E-state index contributed by atoms with van der Waals surface area (Å²) in [5, 5.41) is 0. The average Bonchev–Trinajstić information content (AvgIpc) is 2.43. The Morgan fingerprint density at radius 1 is 1.33 bits per heavy atom. The minimum absolute atomic E-state index is 0.819. The molecule has 1 aromatic heterocycles. The molecule has 1 rings (SSSR count). The van der Waals surface area contributed by atoms with Crippen LogP contribution in [-0.2, 0) is 4.74 Å². The zero-order chi connectivity index (χ0) is 6.95. The van der Waals surface area contributed by atoms with Crippen molar-refractivity contribution in [1.82, 2.24) is 0 Å². The average molecular weight is 128 g/mol. The molecule has 52 valence electrons. The van der Waals surface area contributed by atoms with E-state index < -0.39 is 0 Å². The second kappa shape index (κ2) is 7.24. The van der Waals surface area contributed by atoms with E-state index in [1.54, 1.807) is 19.6 Å². The number of rotatable bonds is 1. The normalized spacial score (nSPS) is 7.78. The third-order valence-electron chi connectivity index (χ3n) is 0.714. The van der Waals surface area contributed by atoms with Gasteiger partial charge < -0.3 is 9.15 Å². The van der Waals surface area contributed by atoms with Crippen LogP contribution >= 0.6 is 0 Å². The van der Waals surface area contributed by atoms with Gasteiger partial charge in [0.05, 0.1) is 12.5 Å². The number of ether oxygens (including phenoxy) is 1. The Balaban J connectivity index is 0.000000148. The molecule has 0 unspecified atom stereocenters. The number of furan rings is 1. The molecule has 1 heterocycles. The van der Waals surface area contributed by atoms with Gasteiger partial charge in [0.2, 0.25) is 0 Å². The Morgan fingerprint density at radius 3 is 1.89 bits per heavy atom. The Morgan fingerprint density at radius 2 is 1.78 bits per heavy atom. The van der Waals surface area contributed by atoms with Crippen molar-refractivity contribution in [3.05, 3.63) is 24.7 Å². The molecule has 0 N–H and O–H groups in total. The highest BCUT2D eigenvalue weighted by atomic mass is 16.5. The monoisotopic (exact) mass is 128 g/mol. The molecule has 9 heavy (non-hydrogen) atoms. The molecular formula is C7H12O2.